The molecule has 0 aliphatic carbocycles. The average Bonchev–Trinajstić information content (AvgIpc) is 0.952. The Hall–Kier alpha value is -7.61. The third-order valence-electron chi connectivity index (χ3n) is 17.9. The third kappa shape index (κ3) is 45.1. The monoisotopic (exact) mass is 1700 g/mol. The van der Waals surface area contributed by atoms with Gasteiger partial charge in [0, 0.05) is 237 Å². The van der Waals surface area contributed by atoms with Crippen LogP contribution in [0.2, 0.25) is 0 Å². The number of aliphatic hydroxyl groups is 6. The number of amides is 4. The van der Waals surface area contributed by atoms with E-state index < -0.39 is 0 Å². The van der Waals surface area contributed by atoms with Crippen molar-refractivity contribution in [2.24, 2.45) is 0 Å². The van der Waals surface area contributed by atoms with Crippen LogP contribution in [0.25, 0.3) is 24.3 Å². The van der Waals surface area contributed by atoms with Crippen molar-refractivity contribution in [3.05, 3.63) is 210 Å². The van der Waals surface area contributed by atoms with Gasteiger partial charge < -0.3 is 96.7 Å². The third-order valence-corrected chi connectivity index (χ3v) is 22.7. The standard InChI is InChI=1S/C46H60N6O6S2.C24H34N4O2S2.C11H15NO3.C5H11N.2ClH/c53-33-29-51(30-34-54)43-19-13-39(14-20-43)11-17-41-7-1-3-25-49(41)27-5-9-45(57)47-23-37-59-60-38-24-48-46(58)10-6-28-50-26-4-2-8-42(50)18-12-40-15-21-44(22-16-40)52(31-35-55)32-36-56;1-21-9-3-5-15-27(21)17-7-11-23(29)25-13-19-31-32-20-14-26-24(30)12-8-18-28-16-6-4-10-22(28)2;13-7-5-12(6-8-14)11-3-1-10(9-15)2-4-11;1-2-4-6-5-3-1;;/h1-4,7-8,11-22,25-26,53-56H,5-6,9-10,23-24,27-38H2;3-6,9-10,15-16H,7-8,11-14,17-20H2,1-2H3;1-4,9,13-14H,5-8H2;6H,1-5H2;2*1H/p+2. The van der Waals surface area contributed by atoms with Crippen molar-refractivity contribution < 1.29 is 97.7 Å². The number of rotatable bonds is 50. The van der Waals surface area contributed by atoms with Gasteiger partial charge in [-0.15, -0.1) is 0 Å². The lowest BCUT2D eigenvalue weighted by molar-refractivity contribution is -0.703. The Labute approximate surface area is 710 Å². The van der Waals surface area contributed by atoms with E-state index in [0.29, 0.717) is 96.7 Å². The number of carbonyl (C=O) groups excluding carboxylic acids is 5. The van der Waals surface area contributed by atoms with E-state index in [1.165, 1.54) is 43.7 Å². The number of nitrogens with one attached hydrogen (secondary N) is 5. The molecular weight excluding hydrogens is 1580 g/mol. The Morgan fingerprint density at radius 3 is 0.913 bits per heavy atom. The summed E-state index contributed by atoms with van der Waals surface area (Å²) < 4.78 is 8.62. The maximum atomic E-state index is 12.5. The fourth-order valence-electron chi connectivity index (χ4n) is 11.8. The fourth-order valence-corrected chi connectivity index (χ4v) is 15.5. The van der Waals surface area contributed by atoms with Gasteiger partial charge >= 0.3 is 0 Å². The van der Waals surface area contributed by atoms with Crippen LogP contribution in [0.3, 0.4) is 0 Å². The first kappa shape index (κ1) is 102. The van der Waals surface area contributed by atoms with Gasteiger partial charge in [0.15, 0.2) is 36.2 Å². The summed E-state index contributed by atoms with van der Waals surface area (Å²) in [4.78, 5) is 65.1. The molecule has 0 bridgehead atoms. The van der Waals surface area contributed by atoms with Crippen LogP contribution in [0.1, 0.15) is 115 Å². The first-order valence-corrected chi connectivity index (χ1v) is 44.4. The van der Waals surface area contributed by atoms with Gasteiger partial charge in [-0.25, -0.2) is 9.13 Å². The van der Waals surface area contributed by atoms with E-state index in [2.05, 4.69) is 107 Å². The Bertz CT molecular complexity index is 3590. The number of aromatic nitrogens is 4. The van der Waals surface area contributed by atoms with E-state index in [0.717, 1.165) is 121 Å². The summed E-state index contributed by atoms with van der Waals surface area (Å²) >= 11 is 0. The maximum absolute atomic E-state index is 12.5. The fraction of sp³-hybridized carbons (Fsp3) is 0.453. The number of pyridine rings is 4. The van der Waals surface area contributed by atoms with E-state index in [1.54, 1.807) is 67.4 Å². The highest BCUT2D eigenvalue weighted by Crippen LogP contribution is 2.22. The van der Waals surface area contributed by atoms with Crippen molar-refractivity contribution in [2.75, 3.05) is 156 Å². The van der Waals surface area contributed by atoms with Crippen molar-refractivity contribution in [3.63, 3.8) is 0 Å². The van der Waals surface area contributed by atoms with Crippen LogP contribution < -0.4 is 84.4 Å². The summed E-state index contributed by atoms with van der Waals surface area (Å²) in [5, 5.41) is 70.2. The molecule has 29 heteroatoms. The molecule has 0 radical (unpaired) electrons. The minimum atomic E-state index is 0. The van der Waals surface area contributed by atoms with E-state index >= 15 is 0 Å². The van der Waals surface area contributed by atoms with Crippen LogP contribution in [0.15, 0.2) is 170 Å². The van der Waals surface area contributed by atoms with Crippen molar-refractivity contribution in [3.8, 4) is 0 Å². The van der Waals surface area contributed by atoms with Gasteiger partial charge in [-0.2, -0.15) is 9.13 Å². The summed E-state index contributed by atoms with van der Waals surface area (Å²) in [6, 6.07) is 47.4. The molecule has 8 rings (SSSR count). The van der Waals surface area contributed by atoms with Gasteiger partial charge in [0.2, 0.25) is 35.0 Å². The second-order valence-corrected chi connectivity index (χ2v) is 31.9. The number of aliphatic hydroxyl groups excluding tert-OH is 6. The van der Waals surface area contributed by atoms with Crippen molar-refractivity contribution in [1.29, 1.82) is 0 Å². The normalized spacial score (nSPS) is 11.4. The lowest BCUT2D eigenvalue weighted by Gasteiger charge is -2.22. The molecule has 1 saturated heterocycles. The second kappa shape index (κ2) is 65.4. The number of hydrogen-bond acceptors (Lipinski definition) is 19. The molecule has 1 aliphatic heterocycles. The molecule has 3 aromatic carbocycles. The largest absolute Gasteiger partial charge is 1.00 e. The van der Waals surface area contributed by atoms with E-state index in [4.69, 9.17) is 10.2 Å². The minimum absolute atomic E-state index is 0. The average molecular weight is 1700 g/mol. The molecule has 1 aliphatic rings. The molecule has 5 heterocycles. The summed E-state index contributed by atoms with van der Waals surface area (Å²) in [5.41, 5.74) is 10.0. The number of hydrogen-bond donors (Lipinski definition) is 11. The number of nitrogens with zero attached hydrogens (tertiary/aromatic N) is 7. The zero-order valence-electron chi connectivity index (χ0n) is 67.0. The summed E-state index contributed by atoms with van der Waals surface area (Å²) in [7, 11) is 6.84. The predicted octanol–water partition coefficient (Wildman–Crippen LogP) is 1.87. The van der Waals surface area contributed by atoms with Crippen molar-refractivity contribution >= 4 is 114 Å². The molecular formula is C86H124Cl2N12O11S4+2. The predicted molar refractivity (Wildman–Crippen MR) is 463 cm³/mol. The number of piperidine rings is 1. The number of carbonyl (C=O) groups is 5. The van der Waals surface area contributed by atoms with Gasteiger partial charge in [0.05, 0.1) is 39.6 Å². The Morgan fingerprint density at radius 2 is 0.652 bits per heavy atom. The molecule has 630 valence electrons. The number of aldehydes is 1. The highest BCUT2D eigenvalue weighted by atomic mass is 35.5. The summed E-state index contributed by atoms with van der Waals surface area (Å²) in [6.45, 7) is 15.4. The van der Waals surface area contributed by atoms with Gasteiger partial charge in [-0.3, -0.25) is 24.0 Å². The maximum Gasteiger partial charge on any atom is 0.220 e. The highest BCUT2D eigenvalue weighted by molar-refractivity contribution is 8.77. The van der Waals surface area contributed by atoms with Crippen LogP contribution in [0.4, 0.5) is 17.1 Å². The molecule has 1 fully saturated rings. The van der Waals surface area contributed by atoms with Crippen molar-refractivity contribution in [2.45, 2.75) is 111 Å². The molecule has 0 saturated carbocycles. The van der Waals surface area contributed by atoms with Crippen LogP contribution in [0, 0.1) is 13.8 Å². The topological polar surface area (TPSA) is 292 Å². The Balaban J connectivity index is 0.000000511. The second-order valence-electron chi connectivity index (χ2n) is 26.5. The Morgan fingerprint density at radius 1 is 0.374 bits per heavy atom. The van der Waals surface area contributed by atoms with E-state index in [9.17, 15) is 44.4 Å². The molecule has 23 nitrogen and oxygen atoms in total. The number of aryl methyl sites for hydroxylation is 6. The molecule has 0 unspecified atom stereocenters. The number of anilines is 3. The van der Waals surface area contributed by atoms with Gasteiger partial charge in [-0.05, 0) is 110 Å². The smallest absolute Gasteiger partial charge is 0.220 e. The molecule has 11 N–H and O–H groups in total. The lowest BCUT2D eigenvalue weighted by atomic mass is 10.1. The molecule has 0 atom stereocenters. The van der Waals surface area contributed by atoms with Gasteiger partial charge in [0.25, 0.3) is 0 Å². The zero-order chi connectivity index (χ0) is 81.0. The Kier molecular flexibility index (Phi) is 57.8. The summed E-state index contributed by atoms with van der Waals surface area (Å²) in [5.74, 6) is 3.62. The van der Waals surface area contributed by atoms with E-state index in [-0.39, 0.29) is 88.1 Å². The van der Waals surface area contributed by atoms with Gasteiger partial charge in [0.1, 0.15) is 32.5 Å². The zero-order valence-corrected chi connectivity index (χ0v) is 71.7. The first-order valence-electron chi connectivity index (χ1n) is 39.5. The van der Waals surface area contributed by atoms with Crippen LogP contribution in [-0.4, -0.2) is 202 Å². The molecule has 7 aromatic rings. The van der Waals surface area contributed by atoms with Crippen LogP contribution >= 0.6 is 43.2 Å². The highest BCUT2D eigenvalue weighted by Gasteiger charge is 2.15. The summed E-state index contributed by atoms with van der Waals surface area (Å²) in [6.07, 6.45) is 26.5. The molecule has 4 amide bonds. The quantitative estimate of drug-likeness (QED) is 0.0112. The number of benzene rings is 3. The van der Waals surface area contributed by atoms with Crippen LogP contribution in [-0.2, 0) is 45.4 Å². The SMILES string of the molecule is C1CCNCC1.Cc1cccc[n+]1CCCC(=O)NCCSSCCNC(=O)CCC[n+]1ccccc1C.O=C(CCC[n+]1ccccc1/C=C/c1ccc(N(CCO)CCO)cc1)NCCSSCCNC(=O)CCC[n+]1ccccc1/C=C/c1ccc(N(CCO)CCO)cc1.O=Cc1ccc(N(CCO)CCO)cc1.[Cl-].[Cl-]. The number of halogens is 2. The molecule has 115 heavy (non-hydrogen) atoms. The van der Waals surface area contributed by atoms with Crippen molar-refractivity contribution in [1.82, 2.24) is 26.6 Å². The van der Waals surface area contributed by atoms with E-state index in [1.807, 2.05) is 137 Å². The van der Waals surface area contributed by atoms with Gasteiger partial charge in [-0.1, -0.05) is 86.0 Å². The first-order chi connectivity index (χ1) is 55.3. The molecule has 0 spiro atoms. The lowest BCUT2D eigenvalue weighted by Crippen LogP contribution is -3.00. The minimum Gasteiger partial charge on any atom is -1.00 e. The molecule has 4 aromatic heterocycles. The van der Waals surface area contributed by atoms with Crippen LogP contribution in [0.5, 0.6) is 0 Å².